The normalized spacial score (nSPS) is 40.9. The van der Waals surface area contributed by atoms with Gasteiger partial charge in [0.1, 0.15) is 6.10 Å². The molecule has 0 aromatic rings. The lowest BCUT2D eigenvalue weighted by Gasteiger charge is -2.32. The van der Waals surface area contributed by atoms with Crippen LogP contribution in [0.4, 0.5) is 0 Å². The summed E-state index contributed by atoms with van der Waals surface area (Å²) in [7, 11) is 1.58. The molecule has 2 aliphatic rings. The molecule has 0 aromatic carbocycles. The van der Waals surface area contributed by atoms with Gasteiger partial charge < -0.3 is 14.6 Å². The summed E-state index contributed by atoms with van der Waals surface area (Å²) < 4.78 is 10.6. The van der Waals surface area contributed by atoms with Crippen LogP contribution in [0.25, 0.3) is 0 Å². The predicted octanol–water partition coefficient (Wildman–Crippen LogP) is 0.663. The number of hydrogen-bond acceptors (Lipinski definition) is 3. The Balaban J connectivity index is 1.96. The summed E-state index contributed by atoms with van der Waals surface area (Å²) in [6, 6.07) is 0. The van der Waals surface area contributed by atoms with E-state index >= 15 is 0 Å². The Labute approximate surface area is 66.3 Å². The minimum atomic E-state index is -0.425. The molecule has 2 rings (SSSR count). The van der Waals surface area contributed by atoms with E-state index in [2.05, 4.69) is 0 Å². The second-order valence-corrected chi connectivity index (χ2v) is 3.51. The van der Waals surface area contributed by atoms with Crippen LogP contribution >= 0.6 is 0 Å². The van der Waals surface area contributed by atoms with E-state index in [4.69, 9.17) is 9.47 Å². The van der Waals surface area contributed by atoms with Crippen LogP contribution in [0.15, 0.2) is 0 Å². The minimum absolute atomic E-state index is 0.0971. The molecule has 1 aliphatic heterocycles. The van der Waals surface area contributed by atoms with Crippen molar-refractivity contribution < 1.29 is 14.6 Å². The Kier molecular flexibility index (Phi) is 1.67. The molecule has 1 aliphatic carbocycles. The van der Waals surface area contributed by atoms with Gasteiger partial charge in [0, 0.05) is 7.11 Å². The fourth-order valence-electron chi connectivity index (χ4n) is 1.64. The van der Waals surface area contributed by atoms with E-state index in [0.29, 0.717) is 0 Å². The van der Waals surface area contributed by atoms with Crippen LogP contribution in [0.2, 0.25) is 0 Å². The fourth-order valence-corrected chi connectivity index (χ4v) is 1.64. The molecule has 1 N–H and O–H groups in total. The van der Waals surface area contributed by atoms with Crippen molar-refractivity contribution in [1.82, 2.24) is 0 Å². The molecule has 0 bridgehead atoms. The third kappa shape index (κ3) is 1.28. The summed E-state index contributed by atoms with van der Waals surface area (Å²) in [6.07, 6.45) is 3.28. The van der Waals surface area contributed by atoms with Gasteiger partial charge in [-0.15, -0.1) is 0 Å². The highest BCUT2D eigenvalue weighted by Gasteiger charge is 2.50. The Hall–Kier alpha value is -0.120. The summed E-state index contributed by atoms with van der Waals surface area (Å²) in [5, 5.41) is 9.38. The number of ether oxygens (including phenoxy) is 2. The van der Waals surface area contributed by atoms with Crippen molar-refractivity contribution in [2.24, 2.45) is 0 Å². The topological polar surface area (TPSA) is 38.7 Å². The lowest BCUT2D eigenvalue weighted by molar-refractivity contribution is -0.238. The number of hydrogen-bond donors (Lipinski definition) is 1. The van der Waals surface area contributed by atoms with Crippen LogP contribution in [0, 0.1) is 0 Å². The zero-order valence-electron chi connectivity index (χ0n) is 6.75. The van der Waals surface area contributed by atoms with Crippen molar-refractivity contribution in [3.63, 3.8) is 0 Å². The maximum absolute atomic E-state index is 9.38. The molecule has 2 fully saturated rings. The van der Waals surface area contributed by atoms with E-state index in [0.717, 1.165) is 25.7 Å². The zero-order chi connectivity index (χ0) is 7.90. The molecule has 11 heavy (non-hydrogen) atoms. The van der Waals surface area contributed by atoms with Gasteiger partial charge in [-0.3, -0.25) is 0 Å². The van der Waals surface area contributed by atoms with E-state index in [-0.39, 0.29) is 11.9 Å². The first-order chi connectivity index (χ1) is 5.26. The largest absolute Gasteiger partial charge is 0.388 e. The van der Waals surface area contributed by atoms with Gasteiger partial charge in [-0.2, -0.15) is 0 Å². The number of aliphatic hydroxyl groups is 1. The molecule has 1 saturated carbocycles. The Morgan fingerprint density at radius 2 is 2.18 bits per heavy atom. The van der Waals surface area contributed by atoms with Crippen LogP contribution in [0.3, 0.4) is 0 Å². The Morgan fingerprint density at radius 3 is 2.73 bits per heavy atom. The lowest BCUT2D eigenvalue weighted by Crippen LogP contribution is -2.41. The molecular formula is C8H14O3. The van der Waals surface area contributed by atoms with Crippen molar-refractivity contribution in [2.75, 3.05) is 7.11 Å². The van der Waals surface area contributed by atoms with Gasteiger partial charge in [-0.25, -0.2) is 0 Å². The first-order valence-corrected chi connectivity index (χ1v) is 4.14. The summed E-state index contributed by atoms with van der Waals surface area (Å²) in [5.41, 5.74) is 0.0971. The second kappa shape index (κ2) is 2.44. The standard InChI is InChI=1S/C8H14O3/c1-10-7-6(9)2-3-8(11-7)4-5-8/h6-7,9H,2-5H2,1H3/t6-,7+/m0/s1. The van der Waals surface area contributed by atoms with Gasteiger partial charge in [0.2, 0.25) is 0 Å². The van der Waals surface area contributed by atoms with Gasteiger partial charge in [0.05, 0.1) is 5.60 Å². The van der Waals surface area contributed by atoms with E-state index in [9.17, 15) is 5.11 Å². The van der Waals surface area contributed by atoms with E-state index in [1.807, 2.05) is 0 Å². The molecule has 3 nitrogen and oxygen atoms in total. The van der Waals surface area contributed by atoms with Crippen molar-refractivity contribution >= 4 is 0 Å². The molecular weight excluding hydrogens is 144 g/mol. The second-order valence-electron chi connectivity index (χ2n) is 3.51. The maximum Gasteiger partial charge on any atom is 0.183 e. The molecule has 1 heterocycles. The highest BCUT2D eigenvalue weighted by Crippen LogP contribution is 2.47. The van der Waals surface area contributed by atoms with Crippen LogP contribution in [0.1, 0.15) is 25.7 Å². The summed E-state index contributed by atoms with van der Waals surface area (Å²) in [5.74, 6) is 0. The smallest absolute Gasteiger partial charge is 0.183 e. The van der Waals surface area contributed by atoms with E-state index in [1.54, 1.807) is 7.11 Å². The molecule has 64 valence electrons. The molecule has 2 atom stereocenters. The lowest BCUT2D eigenvalue weighted by atomic mass is 10.0. The summed E-state index contributed by atoms with van der Waals surface area (Å²) in [6.45, 7) is 0. The number of methoxy groups -OCH3 is 1. The van der Waals surface area contributed by atoms with Gasteiger partial charge in [0.25, 0.3) is 0 Å². The third-order valence-corrected chi connectivity index (χ3v) is 2.62. The third-order valence-electron chi connectivity index (χ3n) is 2.62. The first-order valence-electron chi connectivity index (χ1n) is 4.14. The SMILES string of the molecule is CO[C@@H]1OC2(CC[C@@H]1O)CC2. The van der Waals surface area contributed by atoms with Gasteiger partial charge >= 0.3 is 0 Å². The average Bonchev–Trinajstić information content (AvgIpc) is 2.76. The van der Waals surface area contributed by atoms with Crippen molar-refractivity contribution in [3.8, 4) is 0 Å². The van der Waals surface area contributed by atoms with Gasteiger partial charge in [-0.05, 0) is 25.7 Å². The van der Waals surface area contributed by atoms with Crippen LogP contribution in [0.5, 0.6) is 0 Å². The average molecular weight is 158 g/mol. The van der Waals surface area contributed by atoms with Gasteiger partial charge in [-0.1, -0.05) is 0 Å². The summed E-state index contributed by atoms with van der Waals surface area (Å²) in [4.78, 5) is 0. The molecule has 0 aromatic heterocycles. The Morgan fingerprint density at radius 1 is 1.45 bits per heavy atom. The Bertz CT molecular complexity index is 153. The quantitative estimate of drug-likeness (QED) is 0.609. The molecule has 1 saturated heterocycles. The molecule has 1 spiro atoms. The summed E-state index contributed by atoms with van der Waals surface area (Å²) >= 11 is 0. The monoisotopic (exact) mass is 158 g/mol. The minimum Gasteiger partial charge on any atom is -0.388 e. The fraction of sp³-hybridized carbons (Fsp3) is 1.00. The van der Waals surface area contributed by atoms with Crippen LogP contribution < -0.4 is 0 Å². The van der Waals surface area contributed by atoms with Crippen LogP contribution in [-0.2, 0) is 9.47 Å². The predicted molar refractivity (Wildman–Crippen MR) is 39.1 cm³/mol. The highest BCUT2D eigenvalue weighted by molar-refractivity contribution is 4.99. The first kappa shape index (κ1) is 7.53. The van der Waals surface area contributed by atoms with E-state index in [1.165, 1.54) is 0 Å². The highest BCUT2D eigenvalue weighted by atomic mass is 16.7. The van der Waals surface area contributed by atoms with Gasteiger partial charge in [0.15, 0.2) is 6.29 Å². The molecule has 3 heteroatoms. The number of rotatable bonds is 1. The van der Waals surface area contributed by atoms with Crippen molar-refractivity contribution in [1.29, 1.82) is 0 Å². The van der Waals surface area contributed by atoms with Crippen LogP contribution in [-0.4, -0.2) is 30.2 Å². The molecule has 0 radical (unpaired) electrons. The molecule has 0 unspecified atom stereocenters. The number of aliphatic hydroxyl groups excluding tert-OH is 1. The van der Waals surface area contributed by atoms with Crippen molar-refractivity contribution in [3.05, 3.63) is 0 Å². The van der Waals surface area contributed by atoms with Crippen molar-refractivity contribution in [2.45, 2.75) is 43.7 Å². The zero-order valence-corrected chi connectivity index (χ0v) is 6.75. The maximum atomic E-state index is 9.38. The van der Waals surface area contributed by atoms with E-state index < -0.39 is 6.10 Å². The molecule has 0 amide bonds.